The molecule has 18 heavy (non-hydrogen) atoms. The summed E-state index contributed by atoms with van der Waals surface area (Å²) in [6, 6.07) is 0.838. The Labute approximate surface area is 109 Å². The van der Waals surface area contributed by atoms with Gasteiger partial charge >= 0.3 is 6.09 Å². The van der Waals surface area contributed by atoms with E-state index in [1.54, 1.807) is 0 Å². The van der Waals surface area contributed by atoms with Crippen LogP contribution in [0, 0.1) is 5.92 Å². The third-order valence-corrected chi connectivity index (χ3v) is 4.74. The van der Waals surface area contributed by atoms with E-state index in [-0.39, 0.29) is 12.4 Å². The zero-order chi connectivity index (χ0) is 12.5. The Morgan fingerprint density at radius 1 is 1.28 bits per heavy atom. The van der Waals surface area contributed by atoms with Gasteiger partial charge in [0.1, 0.15) is 0 Å². The van der Waals surface area contributed by atoms with Gasteiger partial charge in [-0.15, -0.1) is 0 Å². The number of hydrogen-bond acceptors (Lipinski definition) is 3. The second-order valence-electron chi connectivity index (χ2n) is 5.86. The van der Waals surface area contributed by atoms with Gasteiger partial charge in [0.05, 0.1) is 6.61 Å². The Kier molecular flexibility index (Phi) is 3.46. The molecule has 0 aliphatic carbocycles. The van der Waals surface area contributed by atoms with Crippen LogP contribution in [0.4, 0.5) is 4.79 Å². The smallest absolute Gasteiger partial charge is 0.412 e. The maximum Gasteiger partial charge on any atom is 0.412 e. The molecule has 3 saturated heterocycles. The van der Waals surface area contributed by atoms with Crippen LogP contribution in [0.15, 0.2) is 0 Å². The number of rotatable bonds is 2. The van der Waals surface area contributed by atoms with E-state index in [2.05, 4.69) is 6.92 Å². The van der Waals surface area contributed by atoms with Crippen LogP contribution in [0.5, 0.6) is 0 Å². The van der Waals surface area contributed by atoms with Gasteiger partial charge in [0.25, 0.3) is 0 Å². The molecule has 3 atom stereocenters. The highest BCUT2D eigenvalue weighted by Gasteiger charge is 2.44. The maximum absolute atomic E-state index is 12.2. The van der Waals surface area contributed by atoms with Crippen molar-refractivity contribution in [3.8, 4) is 0 Å². The topological polar surface area (TPSA) is 38.8 Å². The zero-order valence-electron chi connectivity index (χ0n) is 11.1. The molecule has 0 spiro atoms. The summed E-state index contributed by atoms with van der Waals surface area (Å²) in [5.41, 5.74) is 0. The first-order chi connectivity index (χ1) is 8.78. The molecule has 2 bridgehead atoms. The minimum absolute atomic E-state index is 0.135. The number of nitrogens with zero attached hydrogens (tertiary/aromatic N) is 1. The van der Waals surface area contributed by atoms with Gasteiger partial charge in [0.2, 0.25) is 6.29 Å². The first-order valence-corrected chi connectivity index (χ1v) is 7.38. The average Bonchev–Trinajstić information content (AvgIpc) is 2.95. The van der Waals surface area contributed by atoms with Crippen molar-refractivity contribution in [2.45, 2.75) is 70.2 Å². The van der Waals surface area contributed by atoms with Crippen molar-refractivity contribution in [1.82, 2.24) is 4.90 Å². The van der Waals surface area contributed by atoms with E-state index in [4.69, 9.17) is 9.47 Å². The molecule has 3 rings (SSSR count). The SMILES string of the molecule is CCC1CC2CCC(C1)N2C(=O)OC1CCCO1. The molecule has 3 fully saturated rings. The first kappa shape index (κ1) is 12.3. The fourth-order valence-electron chi connectivity index (χ4n) is 3.74. The molecular weight excluding hydrogens is 230 g/mol. The summed E-state index contributed by atoms with van der Waals surface area (Å²) < 4.78 is 10.8. The van der Waals surface area contributed by atoms with Crippen LogP contribution in [0.3, 0.4) is 0 Å². The molecule has 4 heteroatoms. The molecule has 0 aromatic carbocycles. The van der Waals surface area contributed by atoms with Crippen molar-refractivity contribution in [2.24, 2.45) is 5.92 Å². The lowest BCUT2D eigenvalue weighted by Gasteiger charge is -2.38. The van der Waals surface area contributed by atoms with Gasteiger partial charge in [-0.3, -0.25) is 0 Å². The lowest BCUT2D eigenvalue weighted by Crippen LogP contribution is -2.47. The van der Waals surface area contributed by atoms with E-state index in [0.717, 1.165) is 51.0 Å². The van der Waals surface area contributed by atoms with Gasteiger partial charge in [-0.1, -0.05) is 13.3 Å². The van der Waals surface area contributed by atoms with Crippen molar-refractivity contribution in [3.63, 3.8) is 0 Å². The quantitative estimate of drug-likeness (QED) is 0.759. The van der Waals surface area contributed by atoms with Gasteiger partial charge in [0.15, 0.2) is 0 Å². The monoisotopic (exact) mass is 253 g/mol. The number of carbonyl (C=O) groups is 1. The van der Waals surface area contributed by atoms with E-state index in [1.807, 2.05) is 4.90 Å². The van der Waals surface area contributed by atoms with E-state index >= 15 is 0 Å². The third kappa shape index (κ3) is 2.22. The molecule has 0 saturated carbocycles. The molecule has 102 valence electrons. The van der Waals surface area contributed by atoms with E-state index < -0.39 is 0 Å². The number of ether oxygens (including phenoxy) is 2. The minimum atomic E-state index is -0.291. The maximum atomic E-state index is 12.2. The van der Waals surface area contributed by atoms with Gasteiger partial charge in [-0.25, -0.2) is 4.79 Å². The van der Waals surface area contributed by atoms with Crippen LogP contribution in [-0.4, -0.2) is 36.0 Å². The Morgan fingerprint density at radius 3 is 2.56 bits per heavy atom. The molecule has 1 amide bonds. The standard InChI is InChI=1S/C14H23NO3/c1-2-10-8-11-5-6-12(9-10)15(11)14(16)18-13-4-3-7-17-13/h10-13H,2-9H2,1H3. The molecule has 4 nitrogen and oxygen atoms in total. The van der Waals surface area contributed by atoms with Crippen LogP contribution in [0.25, 0.3) is 0 Å². The molecule has 0 aromatic heterocycles. The number of hydrogen-bond donors (Lipinski definition) is 0. The summed E-state index contributed by atoms with van der Waals surface area (Å²) in [5.74, 6) is 0.800. The number of amides is 1. The van der Waals surface area contributed by atoms with Crippen LogP contribution in [0.2, 0.25) is 0 Å². The lowest BCUT2D eigenvalue weighted by atomic mass is 9.89. The molecule has 0 radical (unpaired) electrons. The zero-order valence-corrected chi connectivity index (χ0v) is 11.1. The molecular formula is C14H23NO3. The highest BCUT2D eigenvalue weighted by atomic mass is 16.7. The van der Waals surface area contributed by atoms with Crippen LogP contribution in [0.1, 0.15) is 51.9 Å². The number of piperidine rings is 1. The molecule has 3 aliphatic rings. The Hall–Kier alpha value is -0.770. The normalized spacial score (nSPS) is 39.1. The second kappa shape index (κ2) is 5.08. The predicted molar refractivity (Wildman–Crippen MR) is 67.1 cm³/mol. The van der Waals surface area contributed by atoms with Crippen molar-refractivity contribution in [3.05, 3.63) is 0 Å². The van der Waals surface area contributed by atoms with Gasteiger partial charge in [-0.05, 0) is 38.0 Å². The average molecular weight is 253 g/mol. The summed E-state index contributed by atoms with van der Waals surface area (Å²) in [7, 11) is 0. The van der Waals surface area contributed by atoms with Crippen molar-refractivity contribution in [2.75, 3.05) is 6.61 Å². The van der Waals surface area contributed by atoms with Crippen molar-refractivity contribution in [1.29, 1.82) is 0 Å². The van der Waals surface area contributed by atoms with Gasteiger partial charge < -0.3 is 14.4 Å². The van der Waals surface area contributed by atoms with E-state index in [9.17, 15) is 4.79 Å². The fraction of sp³-hybridized carbons (Fsp3) is 0.929. The molecule has 3 heterocycles. The van der Waals surface area contributed by atoms with E-state index in [0.29, 0.717) is 12.1 Å². The summed E-state index contributed by atoms with van der Waals surface area (Å²) in [4.78, 5) is 14.2. The molecule has 3 unspecified atom stereocenters. The number of fused-ring (bicyclic) bond motifs is 2. The third-order valence-electron chi connectivity index (χ3n) is 4.74. The molecule has 0 aromatic rings. The molecule has 0 N–H and O–H groups in total. The van der Waals surface area contributed by atoms with Crippen LogP contribution >= 0.6 is 0 Å². The fourth-order valence-corrected chi connectivity index (χ4v) is 3.74. The molecule has 3 aliphatic heterocycles. The Morgan fingerprint density at radius 2 is 2.00 bits per heavy atom. The highest BCUT2D eigenvalue weighted by molar-refractivity contribution is 5.69. The summed E-state index contributed by atoms with van der Waals surface area (Å²) in [6.45, 7) is 2.98. The number of carbonyl (C=O) groups excluding carboxylic acids is 1. The lowest BCUT2D eigenvalue weighted by molar-refractivity contribution is -0.0846. The van der Waals surface area contributed by atoms with Crippen LogP contribution in [-0.2, 0) is 9.47 Å². The van der Waals surface area contributed by atoms with Crippen molar-refractivity contribution < 1.29 is 14.3 Å². The Bertz CT molecular complexity index is 300. The summed E-state index contributed by atoms with van der Waals surface area (Å²) >= 11 is 0. The van der Waals surface area contributed by atoms with Crippen LogP contribution < -0.4 is 0 Å². The predicted octanol–water partition coefficient (Wildman–Crippen LogP) is 2.91. The van der Waals surface area contributed by atoms with E-state index in [1.165, 1.54) is 6.42 Å². The van der Waals surface area contributed by atoms with Crippen molar-refractivity contribution >= 4 is 6.09 Å². The van der Waals surface area contributed by atoms with Gasteiger partial charge in [0, 0.05) is 18.5 Å². The summed E-state index contributed by atoms with van der Waals surface area (Å²) in [5, 5.41) is 0. The Balaban J connectivity index is 1.60. The van der Waals surface area contributed by atoms with Gasteiger partial charge in [-0.2, -0.15) is 0 Å². The summed E-state index contributed by atoms with van der Waals surface area (Å²) in [6.07, 6.45) is 7.30. The largest absolute Gasteiger partial charge is 0.419 e. The highest BCUT2D eigenvalue weighted by Crippen LogP contribution is 2.40. The first-order valence-electron chi connectivity index (χ1n) is 7.38. The second-order valence-corrected chi connectivity index (χ2v) is 5.86. The minimum Gasteiger partial charge on any atom is -0.419 e.